The van der Waals surface area contributed by atoms with Crippen molar-refractivity contribution in [1.82, 2.24) is 0 Å². The largest absolute Gasteiger partial charge is 0.370 e. The Morgan fingerprint density at radius 2 is 1.73 bits per heavy atom. The van der Waals surface area contributed by atoms with Crippen LogP contribution in [0.4, 0.5) is 0 Å². The van der Waals surface area contributed by atoms with E-state index in [-0.39, 0.29) is 13.6 Å². The van der Waals surface area contributed by atoms with Crippen LogP contribution in [0.3, 0.4) is 0 Å². The molecule has 0 radical (unpaired) electrons. The molecular formula is C10H23O4P. The van der Waals surface area contributed by atoms with Gasteiger partial charge in [0, 0.05) is 6.16 Å². The number of rotatable bonds is 10. The summed E-state index contributed by atoms with van der Waals surface area (Å²) >= 11 is 0. The summed E-state index contributed by atoms with van der Waals surface area (Å²) in [4.78, 5) is 0. The molecule has 0 rings (SSSR count). The number of unbranched alkanes of at least 4 members (excludes halogenated alkanes) is 1. The lowest BCUT2D eigenvalue weighted by Gasteiger charge is -2.20. The summed E-state index contributed by atoms with van der Waals surface area (Å²) in [5.74, 6) is 0.564. The maximum Gasteiger partial charge on any atom is 0.175 e. The summed E-state index contributed by atoms with van der Waals surface area (Å²) in [7, 11) is -1.12. The molecule has 0 bridgehead atoms. The highest BCUT2D eigenvalue weighted by Crippen LogP contribution is 2.41. The Bertz CT molecular complexity index is 129. The van der Waals surface area contributed by atoms with Crippen molar-refractivity contribution in [3.05, 3.63) is 0 Å². The van der Waals surface area contributed by atoms with Crippen LogP contribution >= 0.6 is 8.38 Å². The van der Waals surface area contributed by atoms with Gasteiger partial charge in [0.15, 0.2) is 8.38 Å². The van der Waals surface area contributed by atoms with Crippen molar-refractivity contribution in [1.29, 1.82) is 0 Å². The highest BCUT2D eigenvalue weighted by atomic mass is 31.2. The predicted molar refractivity (Wildman–Crippen MR) is 61.4 cm³/mol. The van der Waals surface area contributed by atoms with Crippen LogP contribution in [0.5, 0.6) is 0 Å². The van der Waals surface area contributed by atoms with Gasteiger partial charge in [0.05, 0.1) is 0 Å². The Morgan fingerprint density at radius 1 is 1.13 bits per heavy atom. The third-order valence-corrected chi connectivity index (χ3v) is 3.98. The van der Waals surface area contributed by atoms with Crippen LogP contribution in [0.2, 0.25) is 0 Å². The molecule has 0 aromatic heterocycles. The van der Waals surface area contributed by atoms with Gasteiger partial charge in [-0.25, -0.2) is 0 Å². The molecule has 0 aromatic carbocycles. The normalized spacial score (nSPS) is 13.4. The van der Waals surface area contributed by atoms with Crippen LogP contribution < -0.4 is 0 Å². The molecule has 0 aliphatic rings. The van der Waals surface area contributed by atoms with Gasteiger partial charge in [-0.2, -0.15) is 0 Å². The van der Waals surface area contributed by atoms with Crippen LogP contribution in [0.1, 0.15) is 39.5 Å². The molecular weight excluding hydrogens is 215 g/mol. The number of hydrogen-bond donors (Lipinski definition) is 2. The van der Waals surface area contributed by atoms with E-state index in [2.05, 4.69) is 13.8 Å². The fourth-order valence-corrected chi connectivity index (χ4v) is 2.80. The minimum Gasteiger partial charge on any atom is -0.370 e. The van der Waals surface area contributed by atoms with Crippen molar-refractivity contribution in [2.75, 3.05) is 19.7 Å². The Balaban J connectivity index is 3.85. The van der Waals surface area contributed by atoms with Gasteiger partial charge in [-0.05, 0) is 12.3 Å². The number of hydrogen-bond acceptors (Lipinski definition) is 4. The summed E-state index contributed by atoms with van der Waals surface area (Å²) in [6.07, 6.45) is 5.45. The monoisotopic (exact) mass is 238 g/mol. The van der Waals surface area contributed by atoms with E-state index in [0.717, 1.165) is 19.0 Å². The summed E-state index contributed by atoms with van der Waals surface area (Å²) < 4.78 is 10.1. The van der Waals surface area contributed by atoms with Crippen molar-refractivity contribution in [2.24, 2.45) is 5.92 Å². The van der Waals surface area contributed by atoms with Crippen LogP contribution in [0, 0.1) is 5.92 Å². The summed E-state index contributed by atoms with van der Waals surface area (Å²) in [6, 6.07) is 0. The molecule has 0 saturated heterocycles. The van der Waals surface area contributed by atoms with E-state index in [4.69, 9.17) is 19.3 Å². The molecule has 1 atom stereocenters. The quantitative estimate of drug-likeness (QED) is 0.453. The standard InChI is InChI=1S/C10H23O4P/c1-3-5-6-10(4-2)7-15(13-8-11)14-9-12/h10-12H,3-9H2,1-2H3. The molecule has 15 heavy (non-hydrogen) atoms. The fraction of sp³-hybridized carbons (Fsp3) is 1.00. The zero-order valence-electron chi connectivity index (χ0n) is 9.69. The van der Waals surface area contributed by atoms with Gasteiger partial charge in [0.1, 0.15) is 13.6 Å². The first-order valence-corrected chi connectivity index (χ1v) is 6.89. The van der Waals surface area contributed by atoms with Gasteiger partial charge >= 0.3 is 0 Å². The molecule has 0 aliphatic heterocycles. The van der Waals surface area contributed by atoms with E-state index < -0.39 is 8.38 Å². The van der Waals surface area contributed by atoms with Crippen molar-refractivity contribution < 1.29 is 19.3 Å². The summed E-state index contributed by atoms with van der Waals surface area (Å²) in [6.45, 7) is 3.64. The van der Waals surface area contributed by atoms with Crippen molar-refractivity contribution in [3.63, 3.8) is 0 Å². The van der Waals surface area contributed by atoms with Gasteiger partial charge in [-0.3, -0.25) is 0 Å². The molecule has 5 heteroatoms. The second-order valence-corrected chi connectivity index (χ2v) is 5.00. The van der Waals surface area contributed by atoms with Crippen LogP contribution in [-0.4, -0.2) is 30.0 Å². The van der Waals surface area contributed by atoms with E-state index in [9.17, 15) is 0 Å². The SMILES string of the molecule is CCCCC(CC)CP(OCO)OCO. The second kappa shape index (κ2) is 10.8. The topological polar surface area (TPSA) is 58.9 Å². The summed E-state index contributed by atoms with van der Waals surface area (Å²) in [5.41, 5.74) is 0. The second-order valence-electron chi connectivity index (χ2n) is 3.45. The van der Waals surface area contributed by atoms with Gasteiger partial charge in [0.2, 0.25) is 0 Å². The Morgan fingerprint density at radius 3 is 2.13 bits per heavy atom. The molecule has 1 unspecified atom stereocenters. The van der Waals surface area contributed by atoms with Gasteiger partial charge in [-0.15, -0.1) is 0 Å². The average molecular weight is 238 g/mol. The Kier molecular flexibility index (Phi) is 11.0. The molecule has 0 spiro atoms. The molecule has 92 valence electrons. The van der Waals surface area contributed by atoms with E-state index in [1.807, 2.05) is 0 Å². The number of aliphatic hydroxyl groups is 2. The minimum absolute atomic E-state index is 0.337. The van der Waals surface area contributed by atoms with Crippen molar-refractivity contribution in [2.45, 2.75) is 39.5 Å². The first-order chi connectivity index (χ1) is 7.28. The zero-order chi connectivity index (χ0) is 11.5. The molecule has 0 fully saturated rings. The fourth-order valence-electron chi connectivity index (χ4n) is 1.40. The van der Waals surface area contributed by atoms with E-state index in [1.165, 1.54) is 12.8 Å². The van der Waals surface area contributed by atoms with Crippen molar-refractivity contribution >= 4 is 8.38 Å². The molecule has 0 amide bonds. The molecule has 0 aromatic rings. The lowest BCUT2D eigenvalue weighted by atomic mass is 10.0. The molecule has 4 nitrogen and oxygen atoms in total. The smallest absolute Gasteiger partial charge is 0.175 e. The maximum atomic E-state index is 8.66. The van der Waals surface area contributed by atoms with Crippen LogP contribution in [-0.2, 0) is 9.05 Å². The molecule has 0 heterocycles. The molecule has 0 aliphatic carbocycles. The average Bonchev–Trinajstić information content (AvgIpc) is 2.24. The lowest BCUT2D eigenvalue weighted by molar-refractivity contribution is 0.0563. The van der Waals surface area contributed by atoms with E-state index >= 15 is 0 Å². The third kappa shape index (κ3) is 8.12. The van der Waals surface area contributed by atoms with Crippen LogP contribution in [0.15, 0.2) is 0 Å². The molecule has 0 saturated carbocycles. The maximum absolute atomic E-state index is 8.66. The first kappa shape index (κ1) is 15.3. The Labute approximate surface area is 93.5 Å². The van der Waals surface area contributed by atoms with Crippen LogP contribution in [0.25, 0.3) is 0 Å². The zero-order valence-corrected chi connectivity index (χ0v) is 10.6. The minimum atomic E-state index is -1.12. The van der Waals surface area contributed by atoms with Gasteiger partial charge in [0.25, 0.3) is 0 Å². The highest BCUT2D eigenvalue weighted by Gasteiger charge is 2.16. The van der Waals surface area contributed by atoms with E-state index in [0.29, 0.717) is 5.92 Å². The third-order valence-electron chi connectivity index (χ3n) is 2.35. The predicted octanol–water partition coefficient (Wildman–Crippen LogP) is 2.45. The van der Waals surface area contributed by atoms with Crippen molar-refractivity contribution in [3.8, 4) is 0 Å². The number of aliphatic hydroxyl groups excluding tert-OH is 2. The van der Waals surface area contributed by atoms with Gasteiger partial charge < -0.3 is 19.3 Å². The molecule has 2 N–H and O–H groups in total. The first-order valence-electron chi connectivity index (χ1n) is 5.53. The van der Waals surface area contributed by atoms with Gasteiger partial charge in [-0.1, -0.05) is 33.1 Å². The Hall–Kier alpha value is 0.270. The summed E-state index contributed by atoms with van der Waals surface area (Å²) in [5, 5.41) is 17.3. The highest BCUT2D eigenvalue weighted by molar-refractivity contribution is 7.47. The van der Waals surface area contributed by atoms with E-state index in [1.54, 1.807) is 0 Å². The lowest BCUT2D eigenvalue weighted by Crippen LogP contribution is -2.07.